The van der Waals surface area contributed by atoms with E-state index in [0.717, 1.165) is 25.2 Å². The second-order valence-electron chi connectivity index (χ2n) is 4.11. The summed E-state index contributed by atoms with van der Waals surface area (Å²) >= 11 is 0. The lowest BCUT2D eigenvalue weighted by Gasteiger charge is -2.05. The number of carbonyl (C=O) groups is 1. The van der Waals surface area contributed by atoms with Crippen molar-refractivity contribution in [1.29, 1.82) is 0 Å². The molecule has 0 aliphatic carbocycles. The summed E-state index contributed by atoms with van der Waals surface area (Å²) in [4.78, 5) is 11.0. The Kier molecular flexibility index (Phi) is 10.6. The molecule has 0 saturated heterocycles. The van der Waals surface area contributed by atoms with Crippen LogP contribution in [0.3, 0.4) is 0 Å². The standard InChI is InChI=1S/C10H14N2O.C5H13N/c1-3-8-5-4-6-9(7-8)12-10(13)11-2;1-3-5-6-4-2/h4-7H,3H2,1-2H3,(H2,11,12,13);6H,3-5H2,1-2H3. The SMILES string of the molecule is CCCNCC.CCc1cccc(NC(=O)NC)c1. The van der Waals surface area contributed by atoms with Gasteiger partial charge in [-0.05, 0) is 43.6 Å². The fourth-order valence-corrected chi connectivity index (χ4v) is 1.42. The lowest BCUT2D eigenvalue weighted by Crippen LogP contribution is -2.24. The molecular weight excluding hydrogens is 238 g/mol. The Morgan fingerprint density at radius 1 is 1.21 bits per heavy atom. The van der Waals surface area contributed by atoms with E-state index in [0.29, 0.717) is 0 Å². The molecule has 1 rings (SSSR count). The van der Waals surface area contributed by atoms with Gasteiger partial charge in [0.05, 0.1) is 0 Å². The third-order valence-electron chi connectivity index (χ3n) is 2.50. The number of carbonyl (C=O) groups excluding carboxylic acids is 1. The number of aryl methyl sites for hydroxylation is 1. The molecule has 0 heterocycles. The lowest BCUT2D eigenvalue weighted by molar-refractivity contribution is 0.254. The minimum absolute atomic E-state index is 0.187. The second-order valence-corrected chi connectivity index (χ2v) is 4.11. The maximum atomic E-state index is 11.0. The summed E-state index contributed by atoms with van der Waals surface area (Å²) in [5.41, 5.74) is 2.05. The summed E-state index contributed by atoms with van der Waals surface area (Å²) in [5.74, 6) is 0. The van der Waals surface area contributed by atoms with E-state index >= 15 is 0 Å². The second kappa shape index (κ2) is 11.5. The van der Waals surface area contributed by atoms with Gasteiger partial charge in [0.1, 0.15) is 0 Å². The minimum Gasteiger partial charge on any atom is -0.341 e. The molecule has 1 aromatic carbocycles. The highest BCUT2D eigenvalue weighted by atomic mass is 16.2. The Bertz CT molecular complexity index is 349. The van der Waals surface area contributed by atoms with E-state index in [1.165, 1.54) is 12.0 Å². The van der Waals surface area contributed by atoms with Gasteiger partial charge < -0.3 is 16.0 Å². The van der Waals surface area contributed by atoms with Gasteiger partial charge in [-0.25, -0.2) is 4.79 Å². The van der Waals surface area contributed by atoms with Crippen molar-refractivity contribution in [1.82, 2.24) is 10.6 Å². The quantitative estimate of drug-likeness (QED) is 0.717. The van der Waals surface area contributed by atoms with Gasteiger partial charge in [-0.1, -0.05) is 32.9 Å². The first-order chi connectivity index (χ1) is 9.17. The van der Waals surface area contributed by atoms with Crippen molar-refractivity contribution in [2.75, 3.05) is 25.5 Å². The zero-order valence-electron chi connectivity index (χ0n) is 12.5. The first-order valence-corrected chi connectivity index (χ1v) is 6.96. The maximum absolute atomic E-state index is 11.0. The number of anilines is 1. The van der Waals surface area contributed by atoms with Crippen LogP contribution in [0.4, 0.5) is 10.5 Å². The van der Waals surface area contributed by atoms with Crippen molar-refractivity contribution in [3.05, 3.63) is 29.8 Å². The first-order valence-electron chi connectivity index (χ1n) is 6.96. The summed E-state index contributed by atoms with van der Waals surface area (Å²) in [6.45, 7) is 8.64. The van der Waals surface area contributed by atoms with E-state index in [1.807, 2.05) is 24.3 Å². The van der Waals surface area contributed by atoms with E-state index in [4.69, 9.17) is 0 Å². The van der Waals surface area contributed by atoms with Crippen LogP contribution in [0.15, 0.2) is 24.3 Å². The van der Waals surface area contributed by atoms with E-state index < -0.39 is 0 Å². The molecule has 0 aliphatic rings. The van der Waals surface area contributed by atoms with Crippen molar-refractivity contribution >= 4 is 11.7 Å². The molecule has 108 valence electrons. The molecule has 1 aromatic rings. The molecule has 19 heavy (non-hydrogen) atoms. The van der Waals surface area contributed by atoms with Crippen molar-refractivity contribution in [2.45, 2.75) is 33.6 Å². The zero-order valence-corrected chi connectivity index (χ0v) is 12.5. The monoisotopic (exact) mass is 265 g/mol. The molecule has 2 amide bonds. The molecule has 0 spiro atoms. The summed E-state index contributed by atoms with van der Waals surface area (Å²) in [6.07, 6.45) is 2.22. The molecule has 0 aliphatic heterocycles. The van der Waals surface area contributed by atoms with Crippen molar-refractivity contribution in [3.63, 3.8) is 0 Å². The Hall–Kier alpha value is -1.55. The number of nitrogens with one attached hydrogen (secondary N) is 3. The van der Waals surface area contributed by atoms with Gasteiger partial charge in [0.25, 0.3) is 0 Å². The molecule has 0 unspecified atom stereocenters. The highest BCUT2D eigenvalue weighted by Gasteiger charge is 1.97. The predicted molar refractivity (Wildman–Crippen MR) is 82.7 cm³/mol. The van der Waals surface area contributed by atoms with Crippen LogP contribution in [0.25, 0.3) is 0 Å². The van der Waals surface area contributed by atoms with Gasteiger partial charge in [-0.3, -0.25) is 0 Å². The molecule has 0 fully saturated rings. The molecule has 0 radical (unpaired) electrons. The lowest BCUT2D eigenvalue weighted by atomic mass is 10.1. The van der Waals surface area contributed by atoms with E-state index in [2.05, 4.69) is 36.7 Å². The van der Waals surface area contributed by atoms with Crippen LogP contribution in [0, 0.1) is 0 Å². The van der Waals surface area contributed by atoms with Crippen molar-refractivity contribution in [3.8, 4) is 0 Å². The highest BCUT2D eigenvalue weighted by Crippen LogP contribution is 2.10. The van der Waals surface area contributed by atoms with Crippen LogP contribution >= 0.6 is 0 Å². The van der Waals surface area contributed by atoms with Crippen LogP contribution in [0.2, 0.25) is 0 Å². The molecule has 0 saturated carbocycles. The number of hydrogen-bond donors (Lipinski definition) is 3. The van der Waals surface area contributed by atoms with Crippen LogP contribution in [-0.4, -0.2) is 26.2 Å². The van der Waals surface area contributed by atoms with Gasteiger partial charge in [0.15, 0.2) is 0 Å². The van der Waals surface area contributed by atoms with Gasteiger partial charge in [-0.2, -0.15) is 0 Å². The number of hydrogen-bond acceptors (Lipinski definition) is 2. The fraction of sp³-hybridized carbons (Fsp3) is 0.533. The van der Waals surface area contributed by atoms with E-state index in [9.17, 15) is 4.79 Å². The Balaban J connectivity index is 0.000000459. The zero-order chi connectivity index (χ0) is 14.5. The largest absolute Gasteiger partial charge is 0.341 e. The van der Waals surface area contributed by atoms with Gasteiger partial charge >= 0.3 is 6.03 Å². The molecule has 0 atom stereocenters. The van der Waals surface area contributed by atoms with Crippen LogP contribution in [-0.2, 0) is 6.42 Å². The van der Waals surface area contributed by atoms with Gasteiger partial charge in [0, 0.05) is 12.7 Å². The summed E-state index contributed by atoms with van der Waals surface area (Å²) in [7, 11) is 1.60. The molecule has 0 bridgehead atoms. The van der Waals surface area contributed by atoms with E-state index in [1.54, 1.807) is 7.05 Å². The highest BCUT2D eigenvalue weighted by molar-refractivity contribution is 5.89. The topological polar surface area (TPSA) is 53.2 Å². The third kappa shape index (κ3) is 9.08. The summed E-state index contributed by atoms with van der Waals surface area (Å²) in [6, 6.07) is 7.62. The number of rotatable bonds is 5. The Morgan fingerprint density at radius 3 is 2.42 bits per heavy atom. The third-order valence-corrected chi connectivity index (χ3v) is 2.50. The smallest absolute Gasteiger partial charge is 0.318 e. The van der Waals surface area contributed by atoms with Crippen molar-refractivity contribution in [2.24, 2.45) is 0 Å². The fourth-order valence-electron chi connectivity index (χ4n) is 1.42. The van der Waals surface area contributed by atoms with Crippen LogP contribution < -0.4 is 16.0 Å². The summed E-state index contributed by atoms with van der Waals surface area (Å²) < 4.78 is 0. The number of urea groups is 1. The number of benzene rings is 1. The molecule has 4 nitrogen and oxygen atoms in total. The van der Waals surface area contributed by atoms with Gasteiger partial charge in [0.2, 0.25) is 0 Å². The number of amides is 2. The Labute approximate surface area is 117 Å². The average molecular weight is 265 g/mol. The molecule has 3 N–H and O–H groups in total. The van der Waals surface area contributed by atoms with E-state index in [-0.39, 0.29) is 6.03 Å². The predicted octanol–water partition coefficient (Wildman–Crippen LogP) is 3.01. The van der Waals surface area contributed by atoms with Crippen molar-refractivity contribution < 1.29 is 4.79 Å². The minimum atomic E-state index is -0.187. The summed E-state index contributed by atoms with van der Waals surface area (Å²) in [5, 5.41) is 8.42. The normalized spacial score (nSPS) is 9.26. The maximum Gasteiger partial charge on any atom is 0.318 e. The molecule has 4 heteroatoms. The van der Waals surface area contributed by atoms with Gasteiger partial charge in [-0.15, -0.1) is 0 Å². The Morgan fingerprint density at radius 2 is 1.95 bits per heavy atom. The molecular formula is C15H27N3O. The average Bonchev–Trinajstić information content (AvgIpc) is 2.45. The molecule has 0 aromatic heterocycles. The van der Waals surface area contributed by atoms with Crippen LogP contribution in [0.1, 0.15) is 32.8 Å². The first kappa shape index (κ1) is 17.4. The van der Waals surface area contributed by atoms with Crippen LogP contribution in [0.5, 0.6) is 0 Å².